The second-order valence-electron chi connectivity index (χ2n) is 7.73. The Morgan fingerprint density at radius 2 is 1.74 bits per heavy atom. The molecule has 0 radical (unpaired) electrons. The molecule has 0 bridgehead atoms. The average molecular weight is 496 g/mol. The molecule has 4 rings (SSSR count). The molecule has 174 valence electrons. The van der Waals surface area contributed by atoms with Crippen LogP contribution >= 0.6 is 11.6 Å². The number of hydrogen-bond donors (Lipinski definition) is 1. The highest BCUT2D eigenvalue weighted by atomic mass is 35.5. The zero-order valence-electron chi connectivity index (χ0n) is 18.7. The minimum atomic E-state index is -3.47. The van der Waals surface area contributed by atoms with Gasteiger partial charge in [0.15, 0.2) is 9.84 Å². The third-order valence-electron chi connectivity index (χ3n) is 5.28. The van der Waals surface area contributed by atoms with E-state index in [-0.39, 0.29) is 10.8 Å². The van der Waals surface area contributed by atoms with Crippen molar-refractivity contribution < 1.29 is 17.9 Å². The molecule has 0 spiro atoms. The minimum Gasteiger partial charge on any atom is -0.497 e. The number of sulfone groups is 1. The van der Waals surface area contributed by atoms with Gasteiger partial charge in [-0.05, 0) is 65.7 Å². The maximum absolute atomic E-state index is 13.3. The van der Waals surface area contributed by atoms with Gasteiger partial charge in [0.2, 0.25) is 0 Å². The molecule has 0 unspecified atom stereocenters. The minimum absolute atomic E-state index is 0.124. The van der Waals surface area contributed by atoms with Crippen molar-refractivity contribution in [2.45, 2.75) is 4.90 Å². The van der Waals surface area contributed by atoms with E-state index in [0.717, 1.165) is 6.26 Å². The molecule has 4 aromatic rings. The van der Waals surface area contributed by atoms with Crippen molar-refractivity contribution in [2.75, 3.05) is 18.7 Å². The Labute approximate surface area is 202 Å². The number of aryl methyl sites for hydroxylation is 1. The Morgan fingerprint density at radius 1 is 1.00 bits per heavy atom. The molecule has 0 saturated heterocycles. The Balaban J connectivity index is 1.73. The van der Waals surface area contributed by atoms with Crippen LogP contribution in [0.2, 0.25) is 5.02 Å². The van der Waals surface area contributed by atoms with Crippen molar-refractivity contribution >= 4 is 33.0 Å². The summed E-state index contributed by atoms with van der Waals surface area (Å²) in [5, 5.41) is 7.77. The zero-order chi connectivity index (χ0) is 24.5. The first kappa shape index (κ1) is 23.5. The van der Waals surface area contributed by atoms with Gasteiger partial charge in [0.05, 0.1) is 22.7 Å². The number of halogens is 1. The van der Waals surface area contributed by atoms with Crippen LogP contribution in [0.25, 0.3) is 22.4 Å². The van der Waals surface area contributed by atoms with E-state index in [2.05, 4.69) is 10.4 Å². The van der Waals surface area contributed by atoms with E-state index in [4.69, 9.17) is 16.3 Å². The summed E-state index contributed by atoms with van der Waals surface area (Å²) in [4.78, 5) is 13.4. The zero-order valence-corrected chi connectivity index (χ0v) is 20.3. The van der Waals surface area contributed by atoms with Gasteiger partial charge in [0.1, 0.15) is 5.75 Å². The van der Waals surface area contributed by atoms with Crippen molar-refractivity contribution in [1.29, 1.82) is 0 Å². The summed E-state index contributed by atoms with van der Waals surface area (Å²) in [5.74, 6) is 0.261. The first-order valence-electron chi connectivity index (χ1n) is 10.2. The highest BCUT2D eigenvalue weighted by Crippen LogP contribution is 2.32. The number of methoxy groups -OCH3 is 1. The van der Waals surface area contributed by atoms with Crippen LogP contribution in [-0.2, 0) is 16.9 Å². The molecule has 0 aliphatic carbocycles. The molecule has 1 aromatic heterocycles. The van der Waals surface area contributed by atoms with Crippen molar-refractivity contribution in [3.8, 4) is 28.1 Å². The molecule has 1 N–H and O–H groups in total. The van der Waals surface area contributed by atoms with Gasteiger partial charge in [0, 0.05) is 36.3 Å². The maximum Gasteiger partial charge on any atom is 0.256 e. The van der Waals surface area contributed by atoms with Gasteiger partial charge >= 0.3 is 0 Å². The number of anilines is 1. The van der Waals surface area contributed by atoms with Crippen molar-refractivity contribution in [1.82, 2.24) is 9.78 Å². The largest absolute Gasteiger partial charge is 0.497 e. The predicted molar refractivity (Wildman–Crippen MR) is 133 cm³/mol. The lowest BCUT2D eigenvalue weighted by atomic mass is 9.99. The normalized spacial score (nSPS) is 11.3. The Morgan fingerprint density at radius 3 is 2.35 bits per heavy atom. The molecule has 1 heterocycles. The maximum atomic E-state index is 13.3. The molecule has 9 heteroatoms. The van der Waals surface area contributed by atoms with Crippen molar-refractivity contribution in [3.63, 3.8) is 0 Å². The molecule has 0 aliphatic heterocycles. The first-order valence-corrected chi connectivity index (χ1v) is 12.5. The molecule has 7 nitrogen and oxygen atoms in total. The van der Waals surface area contributed by atoms with E-state index >= 15 is 0 Å². The Bertz CT molecular complexity index is 1480. The third kappa shape index (κ3) is 4.98. The second kappa shape index (κ2) is 9.32. The van der Waals surface area contributed by atoms with Crippen molar-refractivity contribution in [2.24, 2.45) is 7.05 Å². The second-order valence-corrected chi connectivity index (χ2v) is 10.2. The topological polar surface area (TPSA) is 90.3 Å². The SMILES string of the molecule is COc1ccc(-c2cc(S(C)(=O)=O)ccc2C(=O)Nc2ccc(Cl)c(-c3ccn(C)n3)c2)cc1. The quantitative estimate of drug-likeness (QED) is 0.403. The van der Waals surface area contributed by atoms with Gasteiger partial charge in [-0.2, -0.15) is 5.10 Å². The number of aromatic nitrogens is 2. The van der Waals surface area contributed by atoms with Gasteiger partial charge in [-0.25, -0.2) is 8.42 Å². The summed E-state index contributed by atoms with van der Waals surface area (Å²) < 4.78 is 31.2. The predicted octanol–water partition coefficient (Wildman–Crippen LogP) is 5.07. The van der Waals surface area contributed by atoms with Crippen LogP contribution in [-0.4, -0.2) is 37.5 Å². The average Bonchev–Trinajstić information content (AvgIpc) is 3.25. The number of amides is 1. The van der Waals surface area contributed by atoms with E-state index in [9.17, 15) is 13.2 Å². The van der Waals surface area contributed by atoms with E-state index in [0.29, 0.717) is 44.4 Å². The Kier molecular flexibility index (Phi) is 6.45. The lowest BCUT2D eigenvalue weighted by Gasteiger charge is -2.13. The van der Waals surface area contributed by atoms with Crippen LogP contribution in [0, 0.1) is 0 Å². The van der Waals surface area contributed by atoms with E-state index in [1.807, 2.05) is 13.1 Å². The molecule has 0 saturated carbocycles. The lowest BCUT2D eigenvalue weighted by molar-refractivity contribution is 0.102. The smallest absolute Gasteiger partial charge is 0.256 e. The number of carbonyl (C=O) groups is 1. The van der Waals surface area contributed by atoms with Crippen LogP contribution in [0.4, 0.5) is 5.69 Å². The van der Waals surface area contributed by atoms with Gasteiger partial charge in [-0.1, -0.05) is 23.7 Å². The number of rotatable bonds is 6. The van der Waals surface area contributed by atoms with Crippen LogP contribution in [0.3, 0.4) is 0 Å². The molecule has 34 heavy (non-hydrogen) atoms. The third-order valence-corrected chi connectivity index (χ3v) is 6.72. The van der Waals surface area contributed by atoms with Crippen LogP contribution in [0.15, 0.2) is 77.8 Å². The molecule has 3 aromatic carbocycles. The van der Waals surface area contributed by atoms with E-state index in [1.165, 1.54) is 18.2 Å². The van der Waals surface area contributed by atoms with Crippen LogP contribution in [0.1, 0.15) is 10.4 Å². The fraction of sp³-hybridized carbons (Fsp3) is 0.120. The van der Waals surface area contributed by atoms with E-state index in [1.54, 1.807) is 60.5 Å². The molecular formula is C25H22ClN3O4S. The van der Waals surface area contributed by atoms with Gasteiger partial charge in [0.25, 0.3) is 5.91 Å². The number of benzene rings is 3. The fourth-order valence-corrected chi connectivity index (χ4v) is 4.38. The lowest BCUT2D eigenvalue weighted by Crippen LogP contribution is -2.14. The summed E-state index contributed by atoms with van der Waals surface area (Å²) in [6.45, 7) is 0. The van der Waals surface area contributed by atoms with Gasteiger partial charge in [-0.3, -0.25) is 9.48 Å². The van der Waals surface area contributed by atoms with Crippen LogP contribution < -0.4 is 10.1 Å². The highest BCUT2D eigenvalue weighted by Gasteiger charge is 2.18. The summed E-state index contributed by atoms with van der Waals surface area (Å²) >= 11 is 6.35. The first-order chi connectivity index (χ1) is 16.2. The number of ether oxygens (including phenoxy) is 1. The molecule has 0 aliphatic rings. The summed E-state index contributed by atoms with van der Waals surface area (Å²) in [6.07, 6.45) is 2.94. The highest BCUT2D eigenvalue weighted by molar-refractivity contribution is 7.90. The fourth-order valence-electron chi connectivity index (χ4n) is 3.52. The Hall–Kier alpha value is -3.62. The monoisotopic (exact) mass is 495 g/mol. The van der Waals surface area contributed by atoms with Crippen LogP contribution in [0.5, 0.6) is 5.75 Å². The van der Waals surface area contributed by atoms with Gasteiger partial charge < -0.3 is 10.1 Å². The number of nitrogens with one attached hydrogen (secondary N) is 1. The number of hydrogen-bond acceptors (Lipinski definition) is 5. The summed E-state index contributed by atoms with van der Waals surface area (Å²) in [7, 11) is -0.0981. The molecule has 1 amide bonds. The summed E-state index contributed by atoms with van der Waals surface area (Å²) in [5.41, 5.74) is 3.39. The van der Waals surface area contributed by atoms with Crippen molar-refractivity contribution in [3.05, 3.63) is 83.5 Å². The molecule has 0 atom stereocenters. The standard InChI is InChI=1S/C25H22ClN3O4S/c1-29-13-12-24(28-29)22-14-17(6-11-23(22)26)27-25(30)20-10-9-19(34(3,31)32)15-21(20)16-4-7-18(33-2)8-5-16/h4-15H,1-3H3,(H,27,30). The van der Waals surface area contributed by atoms with E-state index < -0.39 is 9.84 Å². The molecule has 0 fully saturated rings. The van der Waals surface area contributed by atoms with Gasteiger partial charge in [-0.15, -0.1) is 0 Å². The summed E-state index contributed by atoms with van der Waals surface area (Å²) in [6, 6.07) is 18.5. The molecular weight excluding hydrogens is 474 g/mol. The number of nitrogens with zero attached hydrogens (tertiary/aromatic N) is 2. The number of carbonyl (C=O) groups excluding carboxylic acids is 1.